The average Bonchev–Trinajstić information content (AvgIpc) is 3.03. The molecule has 0 spiro atoms. The van der Waals surface area contributed by atoms with Crippen molar-refractivity contribution in [3.05, 3.63) is 38.9 Å². The van der Waals surface area contributed by atoms with E-state index in [1.165, 1.54) is 4.88 Å². The Morgan fingerprint density at radius 3 is 3.05 bits per heavy atom. The van der Waals surface area contributed by atoms with Crippen LogP contribution in [0.3, 0.4) is 0 Å². The van der Waals surface area contributed by atoms with E-state index < -0.39 is 0 Å². The van der Waals surface area contributed by atoms with Gasteiger partial charge in [0.15, 0.2) is 5.65 Å². The van der Waals surface area contributed by atoms with E-state index in [0.717, 1.165) is 21.5 Å². The van der Waals surface area contributed by atoms with Gasteiger partial charge in [0.25, 0.3) is 0 Å². The van der Waals surface area contributed by atoms with E-state index in [4.69, 9.17) is 0 Å². The van der Waals surface area contributed by atoms with Crippen molar-refractivity contribution in [2.24, 2.45) is 0 Å². The predicted octanol–water partition coefficient (Wildman–Crippen LogP) is 3.68. The van der Waals surface area contributed by atoms with E-state index in [9.17, 15) is 0 Å². The number of anilines is 1. The van der Waals surface area contributed by atoms with Gasteiger partial charge < -0.3 is 5.32 Å². The minimum absolute atomic E-state index is 0.0983. The third-order valence-electron chi connectivity index (χ3n) is 2.93. The summed E-state index contributed by atoms with van der Waals surface area (Å²) in [7, 11) is 0. The molecular formula is C13H14BrN5S. The Morgan fingerprint density at radius 1 is 1.45 bits per heavy atom. The normalized spacial score (nSPS) is 12.8. The second-order valence-corrected chi connectivity index (χ2v) is 6.53. The minimum atomic E-state index is 0.0983. The summed E-state index contributed by atoms with van der Waals surface area (Å²) >= 11 is 5.15. The number of halogens is 1. The largest absolute Gasteiger partial charge is 0.344 e. The highest BCUT2D eigenvalue weighted by atomic mass is 79.9. The van der Waals surface area contributed by atoms with Crippen LogP contribution in [0.15, 0.2) is 29.0 Å². The van der Waals surface area contributed by atoms with Crippen LogP contribution in [0.25, 0.3) is 5.65 Å². The lowest BCUT2D eigenvalue weighted by atomic mass is 10.3. The van der Waals surface area contributed by atoms with Crippen LogP contribution in [0.4, 0.5) is 5.95 Å². The van der Waals surface area contributed by atoms with Crippen LogP contribution in [0.2, 0.25) is 0 Å². The highest BCUT2D eigenvalue weighted by Crippen LogP contribution is 2.23. The molecule has 0 bridgehead atoms. The lowest BCUT2D eigenvalue weighted by Gasteiger charge is -2.08. The molecule has 1 atom stereocenters. The van der Waals surface area contributed by atoms with E-state index in [1.54, 1.807) is 15.9 Å². The smallest absolute Gasteiger partial charge is 0.243 e. The van der Waals surface area contributed by atoms with E-state index in [1.807, 2.05) is 24.5 Å². The fraction of sp³-hybridized carbons (Fsp3) is 0.308. The number of rotatable bonds is 4. The van der Waals surface area contributed by atoms with Crippen molar-refractivity contribution in [1.82, 2.24) is 19.6 Å². The zero-order valence-electron chi connectivity index (χ0n) is 11.2. The predicted molar refractivity (Wildman–Crippen MR) is 84.2 cm³/mol. The zero-order valence-corrected chi connectivity index (χ0v) is 13.6. The van der Waals surface area contributed by atoms with Crippen molar-refractivity contribution < 1.29 is 0 Å². The van der Waals surface area contributed by atoms with Gasteiger partial charge in [0.2, 0.25) is 5.95 Å². The molecule has 0 aliphatic heterocycles. The molecule has 1 unspecified atom stereocenters. The van der Waals surface area contributed by atoms with Gasteiger partial charge in [0.1, 0.15) is 5.01 Å². The fourth-order valence-electron chi connectivity index (χ4n) is 1.86. The first-order chi connectivity index (χ1) is 9.65. The molecule has 3 heterocycles. The minimum Gasteiger partial charge on any atom is -0.344 e. The Morgan fingerprint density at radius 2 is 2.30 bits per heavy atom. The lowest BCUT2D eigenvalue weighted by Crippen LogP contribution is -2.07. The summed E-state index contributed by atoms with van der Waals surface area (Å²) in [6.07, 6.45) is 4.84. The maximum atomic E-state index is 4.44. The van der Waals surface area contributed by atoms with Gasteiger partial charge in [0.05, 0.1) is 6.04 Å². The molecule has 5 nitrogen and oxygen atoms in total. The first kappa shape index (κ1) is 13.5. The van der Waals surface area contributed by atoms with Crippen LogP contribution in [0, 0.1) is 0 Å². The van der Waals surface area contributed by atoms with Gasteiger partial charge in [0, 0.05) is 21.7 Å². The number of thiazole rings is 1. The highest BCUT2D eigenvalue weighted by molar-refractivity contribution is 9.10. The van der Waals surface area contributed by atoms with E-state index in [-0.39, 0.29) is 6.04 Å². The summed E-state index contributed by atoms with van der Waals surface area (Å²) < 4.78 is 2.72. The monoisotopic (exact) mass is 351 g/mol. The summed E-state index contributed by atoms with van der Waals surface area (Å²) in [6, 6.07) is 3.97. The Hall–Kier alpha value is -1.47. The van der Waals surface area contributed by atoms with Crippen molar-refractivity contribution in [2.45, 2.75) is 26.3 Å². The second kappa shape index (κ2) is 5.49. The van der Waals surface area contributed by atoms with Gasteiger partial charge in [-0.3, -0.25) is 0 Å². The number of hydrogen-bond donors (Lipinski definition) is 1. The van der Waals surface area contributed by atoms with E-state index >= 15 is 0 Å². The standard InChI is InChI=1S/C13H14BrN5S/c1-3-10-6-15-12(20-10)8(2)16-13-17-11-5-4-9(14)7-19(11)18-13/h4-8H,3H2,1-2H3,(H,16,18). The number of nitrogens with one attached hydrogen (secondary N) is 1. The summed E-state index contributed by atoms with van der Waals surface area (Å²) in [5.74, 6) is 0.615. The molecule has 0 aromatic carbocycles. The SMILES string of the molecule is CCc1cnc(C(C)Nc2nc3ccc(Br)cn3n2)s1. The molecule has 20 heavy (non-hydrogen) atoms. The molecule has 0 amide bonds. The van der Waals surface area contributed by atoms with Crippen LogP contribution in [0.5, 0.6) is 0 Å². The zero-order chi connectivity index (χ0) is 14.1. The molecule has 0 saturated carbocycles. The van der Waals surface area contributed by atoms with Gasteiger partial charge in [-0.1, -0.05) is 6.92 Å². The quantitative estimate of drug-likeness (QED) is 0.778. The van der Waals surface area contributed by atoms with Gasteiger partial charge >= 0.3 is 0 Å². The summed E-state index contributed by atoms with van der Waals surface area (Å²) in [5.41, 5.74) is 0.816. The molecule has 0 fully saturated rings. The Balaban J connectivity index is 1.81. The maximum Gasteiger partial charge on any atom is 0.243 e. The van der Waals surface area contributed by atoms with E-state index in [0.29, 0.717) is 5.95 Å². The molecule has 0 saturated heterocycles. The van der Waals surface area contributed by atoms with Crippen molar-refractivity contribution in [2.75, 3.05) is 5.32 Å². The van der Waals surface area contributed by atoms with Gasteiger partial charge in [-0.05, 0) is 41.4 Å². The molecule has 3 rings (SSSR count). The third kappa shape index (κ3) is 2.69. The van der Waals surface area contributed by atoms with Crippen LogP contribution in [-0.2, 0) is 6.42 Å². The van der Waals surface area contributed by atoms with Crippen LogP contribution in [0.1, 0.15) is 29.8 Å². The van der Waals surface area contributed by atoms with Gasteiger partial charge in [-0.25, -0.2) is 9.50 Å². The molecule has 7 heteroatoms. The average molecular weight is 352 g/mol. The van der Waals surface area contributed by atoms with Crippen LogP contribution in [-0.4, -0.2) is 19.6 Å². The molecule has 0 radical (unpaired) electrons. The van der Waals surface area contributed by atoms with Crippen molar-refractivity contribution >= 4 is 38.9 Å². The first-order valence-electron chi connectivity index (χ1n) is 6.39. The number of nitrogens with zero attached hydrogens (tertiary/aromatic N) is 4. The molecule has 3 aromatic heterocycles. The second-order valence-electron chi connectivity index (χ2n) is 4.47. The van der Waals surface area contributed by atoms with Crippen LogP contribution < -0.4 is 5.32 Å². The number of pyridine rings is 1. The topological polar surface area (TPSA) is 55.1 Å². The number of aromatic nitrogens is 4. The van der Waals surface area contributed by atoms with Crippen molar-refractivity contribution in [3.63, 3.8) is 0 Å². The molecule has 104 valence electrons. The number of hydrogen-bond acceptors (Lipinski definition) is 5. The fourth-order valence-corrected chi connectivity index (χ4v) is 3.05. The van der Waals surface area contributed by atoms with Crippen molar-refractivity contribution in [1.29, 1.82) is 0 Å². The molecule has 0 aliphatic carbocycles. The molecule has 3 aromatic rings. The summed E-state index contributed by atoms with van der Waals surface area (Å²) in [4.78, 5) is 10.2. The Kier molecular flexibility index (Phi) is 3.71. The van der Waals surface area contributed by atoms with Gasteiger partial charge in [-0.15, -0.1) is 16.4 Å². The Labute approximate surface area is 129 Å². The molecule has 1 N–H and O–H groups in total. The van der Waals surface area contributed by atoms with E-state index in [2.05, 4.69) is 50.2 Å². The Bertz CT molecular complexity index is 735. The van der Waals surface area contributed by atoms with Crippen molar-refractivity contribution in [3.8, 4) is 0 Å². The number of aryl methyl sites for hydroxylation is 1. The lowest BCUT2D eigenvalue weighted by molar-refractivity contribution is 0.841. The van der Waals surface area contributed by atoms with Gasteiger partial charge in [-0.2, -0.15) is 4.98 Å². The summed E-state index contributed by atoms with van der Waals surface area (Å²) in [5, 5.41) is 8.76. The first-order valence-corrected chi connectivity index (χ1v) is 7.99. The molecule has 0 aliphatic rings. The summed E-state index contributed by atoms with van der Waals surface area (Å²) in [6.45, 7) is 4.21. The maximum absolute atomic E-state index is 4.44. The number of fused-ring (bicyclic) bond motifs is 1. The van der Waals surface area contributed by atoms with Crippen LogP contribution >= 0.6 is 27.3 Å². The molecular weight excluding hydrogens is 338 g/mol. The highest BCUT2D eigenvalue weighted by Gasteiger charge is 2.12. The third-order valence-corrected chi connectivity index (χ3v) is 4.72.